The summed E-state index contributed by atoms with van der Waals surface area (Å²) >= 11 is 1.79. The van der Waals surface area contributed by atoms with Gasteiger partial charge in [0.15, 0.2) is 0 Å². The first kappa shape index (κ1) is 11.9. The van der Waals surface area contributed by atoms with Gasteiger partial charge in [0.1, 0.15) is 0 Å². The second-order valence-corrected chi connectivity index (χ2v) is 5.53. The van der Waals surface area contributed by atoms with Crippen LogP contribution in [0, 0.1) is 5.92 Å². The van der Waals surface area contributed by atoms with E-state index < -0.39 is 0 Å². The lowest BCUT2D eigenvalue weighted by Crippen LogP contribution is -2.48. The van der Waals surface area contributed by atoms with Gasteiger partial charge < -0.3 is 10.2 Å². The van der Waals surface area contributed by atoms with E-state index in [2.05, 4.69) is 40.9 Å². The van der Waals surface area contributed by atoms with Crippen molar-refractivity contribution in [3.8, 4) is 0 Å². The minimum Gasteiger partial charge on any atom is -0.370 e. The summed E-state index contributed by atoms with van der Waals surface area (Å²) in [5.74, 6) is 0.750. The molecule has 0 aromatic carbocycles. The van der Waals surface area contributed by atoms with Crippen LogP contribution in [-0.2, 0) is 0 Å². The average molecular weight is 238 g/mol. The van der Waals surface area contributed by atoms with Crippen LogP contribution in [0.15, 0.2) is 16.8 Å². The standard InChI is InChI=1S/C13H22N2S/c1-3-6-14-13-4-7-15(9-11(13)2)12-5-8-16-10-12/h5,8,10-11,13-14H,3-4,6-7,9H2,1-2H3. The highest BCUT2D eigenvalue weighted by atomic mass is 32.1. The minimum absolute atomic E-state index is 0.717. The summed E-state index contributed by atoms with van der Waals surface area (Å²) in [5, 5.41) is 8.09. The molecular formula is C13H22N2S. The fourth-order valence-electron chi connectivity index (χ4n) is 2.45. The molecule has 1 aliphatic heterocycles. The summed E-state index contributed by atoms with van der Waals surface area (Å²) < 4.78 is 0. The molecule has 1 aliphatic rings. The van der Waals surface area contributed by atoms with Crippen LogP contribution in [-0.4, -0.2) is 25.7 Å². The zero-order valence-electron chi connectivity index (χ0n) is 10.3. The van der Waals surface area contributed by atoms with Gasteiger partial charge >= 0.3 is 0 Å². The second-order valence-electron chi connectivity index (χ2n) is 4.75. The Morgan fingerprint density at radius 3 is 3.06 bits per heavy atom. The Balaban J connectivity index is 1.87. The van der Waals surface area contributed by atoms with E-state index in [9.17, 15) is 0 Å². The van der Waals surface area contributed by atoms with E-state index in [0.29, 0.717) is 0 Å². The van der Waals surface area contributed by atoms with Crippen LogP contribution in [0.2, 0.25) is 0 Å². The molecule has 0 spiro atoms. The molecule has 0 aliphatic carbocycles. The molecule has 2 rings (SSSR count). The van der Waals surface area contributed by atoms with Gasteiger partial charge in [-0.25, -0.2) is 0 Å². The lowest BCUT2D eigenvalue weighted by atomic mass is 9.93. The van der Waals surface area contributed by atoms with Crippen LogP contribution in [0.4, 0.5) is 5.69 Å². The highest BCUT2D eigenvalue weighted by molar-refractivity contribution is 7.08. The molecule has 0 radical (unpaired) electrons. The lowest BCUT2D eigenvalue weighted by molar-refractivity contribution is 0.322. The molecule has 1 aromatic rings. The van der Waals surface area contributed by atoms with Gasteiger partial charge in [-0.1, -0.05) is 13.8 Å². The van der Waals surface area contributed by atoms with E-state index in [1.807, 2.05) is 0 Å². The Labute approximate surface area is 103 Å². The summed E-state index contributed by atoms with van der Waals surface area (Å²) in [6, 6.07) is 2.95. The van der Waals surface area contributed by atoms with Crippen molar-refractivity contribution in [3.05, 3.63) is 16.8 Å². The maximum Gasteiger partial charge on any atom is 0.0474 e. The van der Waals surface area contributed by atoms with Crippen LogP contribution >= 0.6 is 11.3 Å². The van der Waals surface area contributed by atoms with E-state index in [0.717, 1.165) is 18.5 Å². The first-order chi connectivity index (χ1) is 7.81. The zero-order valence-corrected chi connectivity index (χ0v) is 11.1. The molecule has 1 saturated heterocycles. The molecule has 2 heterocycles. The van der Waals surface area contributed by atoms with E-state index >= 15 is 0 Å². The molecule has 2 atom stereocenters. The Morgan fingerprint density at radius 1 is 1.56 bits per heavy atom. The van der Waals surface area contributed by atoms with E-state index in [-0.39, 0.29) is 0 Å². The normalized spacial score (nSPS) is 26.0. The predicted molar refractivity (Wildman–Crippen MR) is 72.4 cm³/mol. The van der Waals surface area contributed by atoms with Gasteiger partial charge in [-0.05, 0) is 36.8 Å². The Kier molecular flexibility index (Phi) is 4.24. The predicted octanol–water partition coefficient (Wildman–Crippen LogP) is 2.96. The topological polar surface area (TPSA) is 15.3 Å². The summed E-state index contributed by atoms with van der Waals surface area (Å²) in [7, 11) is 0. The third-order valence-corrected chi connectivity index (χ3v) is 4.10. The van der Waals surface area contributed by atoms with Crippen molar-refractivity contribution in [2.24, 2.45) is 5.92 Å². The van der Waals surface area contributed by atoms with Crippen LogP contribution in [0.1, 0.15) is 26.7 Å². The molecule has 2 unspecified atom stereocenters. The molecule has 0 saturated carbocycles. The fraction of sp³-hybridized carbons (Fsp3) is 0.692. The smallest absolute Gasteiger partial charge is 0.0474 e. The van der Waals surface area contributed by atoms with Gasteiger partial charge in [-0.2, -0.15) is 11.3 Å². The van der Waals surface area contributed by atoms with Crippen molar-refractivity contribution in [2.75, 3.05) is 24.5 Å². The summed E-state index contributed by atoms with van der Waals surface area (Å²) in [6.07, 6.45) is 2.51. The maximum absolute atomic E-state index is 3.66. The van der Waals surface area contributed by atoms with Crippen LogP contribution in [0.5, 0.6) is 0 Å². The van der Waals surface area contributed by atoms with E-state index in [1.165, 1.54) is 31.6 Å². The first-order valence-electron chi connectivity index (χ1n) is 6.31. The van der Waals surface area contributed by atoms with Crippen LogP contribution in [0.3, 0.4) is 0 Å². The number of nitrogens with zero attached hydrogens (tertiary/aromatic N) is 1. The monoisotopic (exact) mass is 238 g/mol. The largest absolute Gasteiger partial charge is 0.370 e. The first-order valence-corrected chi connectivity index (χ1v) is 7.26. The minimum atomic E-state index is 0.717. The molecule has 16 heavy (non-hydrogen) atoms. The van der Waals surface area contributed by atoms with Crippen molar-refractivity contribution in [3.63, 3.8) is 0 Å². The summed E-state index contributed by atoms with van der Waals surface area (Å²) in [6.45, 7) is 8.15. The van der Waals surface area contributed by atoms with Crippen LogP contribution in [0.25, 0.3) is 0 Å². The van der Waals surface area contributed by atoms with Gasteiger partial charge in [-0.15, -0.1) is 0 Å². The van der Waals surface area contributed by atoms with Crippen molar-refractivity contribution >= 4 is 17.0 Å². The lowest BCUT2D eigenvalue weighted by Gasteiger charge is -2.38. The molecule has 0 bridgehead atoms. The zero-order chi connectivity index (χ0) is 11.4. The van der Waals surface area contributed by atoms with Gasteiger partial charge in [0.05, 0.1) is 0 Å². The quantitative estimate of drug-likeness (QED) is 0.867. The Morgan fingerprint density at radius 2 is 2.44 bits per heavy atom. The van der Waals surface area contributed by atoms with Gasteiger partial charge in [-0.3, -0.25) is 0 Å². The number of hydrogen-bond donors (Lipinski definition) is 1. The molecular weight excluding hydrogens is 216 g/mol. The summed E-state index contributed by atoms with van der Waals surface area (Å²) in [4.78, 5) is 2.52. The molecule has 2 nitrogen and oxygen atoms in total. The molecule has 90 valence electrons. The number of thiophene rings is 1. The molecule has 1 N–H and O–H groups in total. The van der Waals surface area contributed by atoms with E-state index in [1.54, 1.807) is 11.3 Å². The highest BCUT2D eigenvalue weighted by Crippen LogP contribution is 2.25. The summed E-state index contributed by atoms with van der Waals surface area (Å²) in [5.41, 5.74) is 1.41. The van der Waals surface area contributed by atoms with E-state index in [4.69, 9.17) is 0 Å². The number of nitrogens with one attached hydrogen (secondary N) is 1. The highest BCUT2D eigenvalue weighted by Gasteiger charge is 2.25. The fourth-order valence-corrected chi connectivity index (χ4v) is 3.11. The number of rotatable bonds is 4. The van der Waals surface area contributed by atoms with Gasteiger partial charge in [0.2, 0.25) is 0 Å². The molecule has 1 aromatic heterocycles. The molecule has 0 amide bonds. The van der Waals surface area contributed by atoms with Crippen molar-refractivity contribution in [1.82, 2.24) is 5.32 Å². The molecule has 3 heteroatoms. The Bertz CT molecular complexity index is 297. The van der Waals surface area contributed by atoms with Crippen molar-refractivity contribution in [2.45, 2.75) is 32.7 Å². The number of piperidine rings is 1. The van der Waals surface area contributed by atoms with Gasteiger partial charge in [0, 0.05) is 30.2 Å². The average Bonchev–Trinajstić information content (AvgIpc) is 2.81. The van der Waals surface area contributed by atoms with Gasteiger partial charge in [0.25, 0.3) is 0 Å². The number of hydrogen-bond acceptors (Lipinski definition) is 3. The van der Waals surface area contributed by atoms with Crippen LogP contribution < -0.4 is 10.2 Å². The third-order valence-electron chi connectivity index (χ3n) is 3.43. The maximum atomic E-state index is 3.66. The third kappa shape index (κ3) is 2.77. The Hall–Kier alpha value is -0.540. The molecule has 1 fully saturated rings. The van der Waals surface area contributed by atoms with Crippen molar-refractivity contribution in [1.29, 1.82) is 0 Å². The van der Waals surface area contributed by atoms with Crippen molar-refractivity contribution < 1.29 is 0 Å². The second kappa shape index (κ2) is 5.69. The SMILES string of the molecule is CCCNC1CCN(c2ccsc2)CC1C. The number of anilines is 1.